The first-order chi connectivity index (χ1) is 17.0. The van der Waals surface area contributed by atoms with Gasteiger partial charge in [0, 0.05) is 6.42 Å². The van der Waals surface area contributed by atoms with Crippen molar-refractivity contribution in [3.63, 3.8) is 0 Å². The van der Waals surface area contributed by atoms with Gasteiger partial charge in [-0.15, -0.1) is 0 Å². The number of hydrogen-bond acceptors (Lipinski definition) is 9. The van der Waals surface area contributed by atoms with Gasteiger partial charge in [0.15, 0.2) is 6.10 Å². The molecular weight excluding hydrogens is 456 g/mol. The first-order valence-electron chi connectivity index (χ1n) is 13.3. The van der Waals surface area contributed by atoms with Crippen LogP contribution in [0.3, 0.4) is 0 Å². The molecule has 0 aliphatic carbocycles. The fourth-order valence-electron chi connectivity index (χ4n) is 3.77. The predicted octanol–water partition coefficient (Wildman–Crippen LogP) is 3.52. The lowest BCUT2D eigenvalue weighted by Gasteiger charge is -2.24. The molecule has 0 saturated carbocycles. The number of unbranched alkanes of at least 4 members (excludes halogenated alkanes) is 11. The second-order valence-corrected chi connectivity index (χ2v) is 8.96. The predicted molar refractivity (Wildman–Crippen MR) is 134 cm³/mol. The van der Waals surface area contributed by atoms with Crippen molar-refractivity contribution in [2.45, 2.75) is 121 Å². The van der Waals surface area contributed by atoms with E-state index in [4.69, 9.17) is 19.8 Å². The standard InChI is InChI=1S/C24H44O6.C2H6O3/c1-2-3-4-5-6-7-8-9-10-11-12-13-14-15-16-17-22(27)30-21(18-25)24-23(28)20(26)19-29-24;3-1-2-5-4/h9-10,20-21,23-26,28H,2-8,11-19H2,1H3;3-4H,1-2H2/b10-9-;/t20-,21+,23+,24+;/m0./s1. The van der Waals surface area contributed by atoms with Crippen LogP contribution in [0.1, 0.15) is 96.8 Å². The van der Waals surface area contributed by atoms with E-state index in [0.717, 1.165) is 32.1 Å². The van der Waals surface area contributed by atoms with Crippen LogP contribution in [0.15, 0.2) is 12.2 Å². The van der Waals surface area contributed by atoms with E-state index >= 15 is 0 Å². The maximum absolute atomic E-state index is 11.9. The van der Waals surface area contributed by atoms with E-state index in [1.54, 1.807) is 0 Å². The Kier molecular flexibility index (Phi) is 23.9. The Morgan fingerprint density at radius 1 is 0.943 bits per heavy atom. The van der Waals surface area contributed by atoms with E-state index in [1.165, 1.54) is 51.4 Å². The molecule has 0 aromatic rings. The second kappa shape index (κ2) is 24.6. The Labute approximate surface area is 211 Å². The molecule has 0 aromatic heterocycles. The van der Waals surface area contributed by atoms with E-state index in [-0.39, 0.29) is 19.8 Å². The van der Waals surface area contributed by atoms with Crippen molar-refractivity contribution >= 4 is 5.97 Å². The molecule has 9 heteroatoms. The summed E-state index contributed by atoms with van der Waals surface area (Å²) in [7, 11) is 0. The van der Waals surface area contributed by atoms with Crippen molar-refractivity contribution in [1.29, 1.82) is 0 Å². The van der Waals surface area contributed by atoms with Crippen LogP contribution in [0.25, 0.3) is 0 Å². The highest BCUT2D eigenvalue weighted by molar-refractivity contribution is 5.69. The highest BCUT2D eigenvalue weighted by Crippen LogP contribution is 2.20. The zero-order valence-corrected chi connectivity index (χ0v) is 21.6. The van der Waals surface area contributed by atoms with Gasteiger partial charge in [0.05, 0.1) is 19.8 Å². The lowest BCUT2D eigenvalue weighted by Crippen LogP contribution is -2.43. The molecule has 0 unspecified atom stereocenters. The van der Waals surface area contributed by atoms with Gasteiger partial charge in [-0.2, -0.15) is 0 Å². The molecular formula is C26H50O9. The molecule has 35 heavy (non-hydrogen) atoms. The fourth-order valence-corrected chi connectivity index (χ4v) is 3.77. The minimum Gasteiger partial charge on any atom is -0.457 e. The van der Waals surface area contributed by atoms with Crippen LogP contribution in [0.2, 0.25) is 0 Å². The minimum atomic E-state index is -1.14. The van der Waals surface area contributed by atoms with Crippen LogP contribution in [0, 0.1) is 0 Å². The Morgan fingerprint density at radius 3 is 1.97 bits per heavy atom. The molecule has 1 rings (SSSR count). The number of rotatable bonds is 20. The Balaban J connectivity index is 0.00000209. The summed E-state index contributed by atoms with van der Waals surface area (Å²) in [4.78, 5) is 15.4. The Hall–Kier alpha value is -1.07. The third kappa shape index (κ3) is 18.8. The van der Waals surface area contributed by atoms with E-state index in [2.05, 4.69) is 24.0 Å². The molecule has 9 nitrogen and oxygen atoms in total. The quantitative estimate of drug-likeness (QED) is 0.0550. The lowest BCUT2D eigenvalue weighted by atomic mass is 10.1. The van der Waals surface area contributed by atoms with Crippen molar-refractivity contribution in [3.05, 3.63) is 12.2 Å². The average Bonchev–Trinajstić information content (AvgIpc) is 3.18. The van der Waals surface area contributed by atoms with Gasteiger partial charge in [-0.05, 0) is 32.1 Å². The maximum atomic E-state index is 11.9. The summed E-state index contributed by atoms with van der Waals surface area (Å²) >= 11 is 0. The fraction of sp³-hybridized carbons (Fsp3) is 0.885. The van der Waals surface area contributed by atoms with Gasteiger partial charge in [0.1, 0.15) is 24.9 Å². The number of carbonyl (C=O) groups is 1. The van der Waals surface area contributed by atoms with Gasteiger partial charge in [-0.3, -0.25) is 10.1 Å². The third-order valence-electron chi connectivity index (χ3n) is 5.84. The number of carbonyl (C=O) groups excluding carboxylic acids is 1. The normalized spacial score (nSPS) is 20.6. The van der Waals surface area contributed by atoms with E-state index in [1.807, 2.05) is 0 Å². The van der Waals surface area contributed by atoms with Gasteiger partial charge < -0.3 is 29.9 Å². The zero-order chi connectivity index (χ0) is 26.2. The highest BCUT2D eigenvalue weighted by Gasteiger charge is 2.41. The molecule has 1 saturated heterocycles. The van der Waals surface area contributed by atoms with Crippen LogP contribution in [-0.4, -0.2) is 82.5 Å². The molecule has 0 bridgehead atoms. The van der Waals surface area contributed by atoms with Gasteiger partial charge in [-0.1, -0.05) is 70.4 Å². The Bertz CT molecular complexity index is 499. The van der Waals surface area contributed by atoms with Crippen LogP contribution < -0.4 is 0 Å². The zero-order valence-electron chi connectivity index (χ0n) is 21.6. The molecule has 0 amide bonds. The SMILES string of the molecule is CCCCCCCC/C=C\CCCCCCCC(=O)O[C@H](CO)[C@H]1OC[C@H](O)[C@H]1O.OCCOO. The summed E-state index contributed by atoms with van der Waals surface area (Å²) in [5.41, 5.74) is 0. The topological polar surface area (TPSA) is 146 Å². The molecule has 1 aliphatic heterocycles. The van der Waals surface area contributed by atoms with Crippen molar-refractivity contribution in [2.75, 3.05) is 26.4 Å². The number of esters is 1. The number of hydrogen-bond donors (Lipinski definition) is 5. The van der Waals surface area contributed by atoms with Crippen LogP contribution in [0.5, 0.6) is 0 Å². The summed E-state index contributed by atoms with van der Waals surface area (Å²) in [6.45, 7) is 1.66. The molecule has 1 aliphatic rings. The van der Waals surface area contributed by atoms with Crippen molar-refractivity contribution in [2.24, 2.45) is 0 Å². The number of allylic oxidation sites excluding steroid dienone is 2. The van der Waals surface area contributed by atoms with Gasteiger partial charge in [-0.25, -0.2) is 4.89 Å². The molecule has 4 atom stereocenters. The monoisotopic (exact) mass is 506 g/mol. The summed E-state index contributed by atoms with van der Waals surface area (Å²) < 4.78 is 10.4. The molecule has 0 spiro atoms. The summed E-state index contributed by atoms with van der Waals surface area (Å²) in [5.74, 6) is -0.399. The highest BCUT2D eigenvalue weighted by atomic mass is 17.1. The molecule has 5 N–H and O–H groups in total. The van der Waals surface area contributed by atoms with E-state index in [0.29, 0.717) is 6.42 Å². The number of aliphatic hydroxyl groups is 4. The maximum Gasteiger partial charge on any atom is 0.306 e. The van der Waals surface area contributed by atoms with E-state index in [9.17, 15) is 20.1 Å². The lowest BCUT2D eigenvalue weighted by molar-refractivity contribution is -0.246. The molecule has 1 heterocycles. The van der Waals surface area contributed by atoms with Crippen LogP contribution >= 0.6 is 0 Å². The smallest absolute Gasteiger partial charge is 0.306 e. The first-order valence-corrected chi connectivity index (χ1v) is 13.3. The summed E-state index contributed by atoms with van der Waals surface area (Å²) in [5, 5.41) is 43.9. The third-order valence-corrected chi connectivity index (χ3v) is 5.84. The van der Waals surface area contributed by atoms with Gasteiger partial charge in [0.2, 0.25) is 0 Å². The summed E-state index contributed by atoms with van der Waals surface area (Å²) in [6.07, 6.45) is 16.5. The van der Waals surface area contributed by atoms with Gasteiger partial charge >= 0.3 is 5.97 Å². The molecule has 208 valence electrons. The van der Waals surface area contributed by atoms with Crippen molar-refractivity contribution in [1.82, 2.24) is 0 Å². The largest absolute Gasteiger partial charge is 0.457 e. The number of ether oxygens (including phenoxy) is 2. The molecule has 0 radical (unpaired) electrons. The van der Waals surface area contributed by atoms with Gasteiger partial charge in [0.25, 0.3) is 0 Å². The average molecular weight is 507 g/mol. The van der Waals surface area contributed by atoms with Crippen molar-refractivity contribution in [3.8, 4) is 0 Å². The van der Waals surface area contributed by atoms with E-state index < -0.39 is 37.0 Å². The van der Waals surface area contributed by atoms with Crippen molar-refractivity contribution < 1.29 is 44.8 Å². The Morgan fingerprint density at radius 2 is 1.51 bits per heavy atom. The second-order valence-electron chi connectivity index (χ2n) is 8.96. The molecule has 0 aromatic carbocycles. The molecule has 1 fully saturated rings. The number of aliphatic hydroxyl groups excluding tert-OH is 4. The summed E-state index contributed by atoms with van der Waals surface area (Å²) in [6, 6.07) is 0. The van der Waals surface area contributed by atoms with Crippen LogP contribution in [0.4, 0.5) is 0 Å². The minimum absolute atomic E-state index is 0. The van der Waals surface area contributed by atoms with Crippen LogP contribution in [-0.2, 0) is 19.2 Å². The first kappa shape index (κ1) is 33.9.